The van der Waals surface area contributed by atoms with Crippen molar-refractivity contribution in [2.45, 2.75) is 24.8 Å². The fourth-order valence-corrected chi connectivity index (χ4v) is 3.08. The van der Waals surface area contributed by atoms with Gasteiger partial charge < -0.3 is 25.6 Å². The lowest BCUT2D eigenvalue weighted by molar-refractivity contribution is -0.0266. The highest BCUT2D eigenvalue weighted by atomic mass is 31.2. The van der Waals surface area contributed by atoms with Crippen LogP contribution in [-0.2, 0) is 13.8 Å². The van der Waals surface area contributed by atoms with Crippen LogP contribution in [0.5, 0.6) is 0 Å². The van der Waals surface area contributed by atoms with Crippen LogP contribution in [0, 0.1) is 0 Å². The van der Waals surface area contributed by atoms with Crippen LogP contribution in [-0.4, -0.2) is 44.0 Å². The van der Waals surface area contributed by atoms with E-state index in [1.54, 1.807) is 30.3 Å². The van der Waals surface area contributed by atoms with Gasteiger partial charge in [-0.3, -0.25) is 13.9 Å². The highest BCUT2D eigenvalue weighted by Gasteiger charge is 2.36. The number of amides is 1. The van der Waals surface area contributed by atoms with Gasteiger partial charge in [0.15, 0.2) is 0 Å². The third kappa shape index (κ3) is 5.10. The van der Waals surface area contributed by atoms with Crippen molar-refractivity contribution >= 4 is 19.5 Å². The van der Waals surface area contributed by atoms with Crippen LogP contribution in [0.15, 0.2) is 47.4 Å². The maximum absolute atomic E-state index is 12.3. The number of hydrogen-bond donors (Lipinski definition) is 4. The predicted octanol–water partition coefficient (Wildman–Crippen LogP) is 0.220. The number of nitrogens with two attached hydrogens (primary N) is 1. The molecule has 3 atom stereocenters. The third-order valence-electron chi connectivity index (χ3n) is 4.11. The molecule has 2 aromatic rings. The van der Waals surface area contributed by atoms with Gasteiger partial charge in [0.05, 0.1) is 12.7 Å². The van der Waals surface area contributed by atoms with Crippen molar-refractivity contribution in [1.29, 1.82) is 0 Å². The van der Waals surface area contributed by atoms with E-state index in [2.05, 4.69) is 14.8 Å². The molecule has 5 N–H and O–H groups in total. The van der Waals surface area contributed by atoms with Gasteiger partial charge in [0.2, 0.25) is 0 Å². The highest BCUT2D eigenvalue weighted by molar-refractivity contribution is 7.46. The van der Waals surface area contributed by atoms with E-state index in [0.717, 1.165) is 0 Å². The van der Waals surface area contributed by atoms with Crippen molar-refractivity contribution in [3.05, 3.63) is 58.6 Å². The molecule has 0 spiro atoms. The molecule has 0 aliphatic carbocycles. The van der Waals surface area contributed by atoms with Crippen LogP contribution < -0.4 is 16.7 Å². The number of benzene rings is 1. The molecule has 28 heavy (non-hydrogen) atoms. The number of anilines is 1. The summed E-state index contributed by atoms with van der Waals surface area (Å²) in [5.74, 6) is -0.321. The van der Waals surface area contributed by atoms with Gasteiger partial charge in [0, 0.05) is 24.2 Å². The summed E-state index contributed by atoms with van der Waals surface area (Å²) in [5, 5.41) is 2.54. The van der Waals surface area contributed by atoms with Gasteiger partial charge in [-0.25, -0.2) is 9.36 Å². The molecule has 1 fully saturated rings. The summed E-state index contributed by atoms with van der Waals surface area (Å²) >= 11 is 0. The smallest absolute Gasteiger partial charge is 0.351 e. The van der Waals surface area contributed by atoms with Gasteiger partial charge in [0.1, 0.15) is 12.0 Å². The summed E-state index contributed by atoms with van der Waals surface area (Å²) < 4.78 is 22.0. The largest absolute Gasteiger partial charge is 0.469 e. The third-order valence-corrected chi connectivity index (χ3v) is 4.59. The van der Waals surface area contributed by atoms with Gasteiger partial charge in [0.25, 0.3) is 5.91 Å². The first kappa shape index (κ1) is 20.3. The second-order valence-corrected chi connectivity index (χ2v) is 7.38. The van der Waals surface area contributed by atoms with E-state index in [1.807, 2.05) is 0 Å². The minimum Gasteiger partial charge on any atom is -0.351 e. The molecule has 1 aromatic carbocycles. The molecule has 11 nitrogen and oxygen atoms in total. The van der Waals surface area contributed by atoms with E-state index >= 15 is 0 Å². The van der Waals surface area contributed by atoms with Gasteiger partial charge in [-0.15, -0.1) is 0 Å². The number of nitrogens with zero attached hydrogens (tertiary/aromatic N) is 2. The van der Waals surface area contributed by atoms with E-state index in [9.17, 15) is 14.2 Å². The Bertz CT molecular complexity index is 946. The second-order valence-electron chi connectivity index (χ2n) is 6.14. The summed E-state index contributed by atoms with van der Waals surface area (Å²) in [4.78, 5) is 45.8. The Morgan fingerprint density at radius 3 is 2.71 bits per heavy atom. The van der Waals surface area contributed by atoms with E-state index in [1.165, 1.54) is 16.8 Å². The normalized spacial score (nSPS) is 22.2. The van der Waals surface area contributed by atoms with Crippen LogP contribution in [0.3, 0.4) is 0 Å². The molecule has 1 aliphatic heterocycles. The van der Waals surface area contributed by atoms with Crippen molar-refractivity contribution in [1.82, 2.24) is 9.55 Å². The SMILES string of the molecule is N[C@H]1C[C@H](n2ccc(NC(=O)c3ccccc3)nc2=O)O[C@@H]1COP(=O)(O)O. The van der Waals surface area contributed by atoms with Crippen molar-refractivity contribution < 1.29 is 28.4 Å². The lowest BCUT2D eigenvalue weighted by Gasteiger charge is -2.17. The lowest BCUT2D eigenvalue weighted by atomic mass is 10.1. The fourth-order valence-electron chi connectivity index (χ4n) is 2.73. The quantitative estimate of drug-likeness (QED) is 0.487. The standard InChI is InChI=1S/C16H19N4O7P/c17-11-8-14(27-12(11)9-26-28(23,24)25)20-7-6-13(19-16(20)22)18-15(21)10-4-2-1-3-5-10/h1-7,11-12,14H,8-9,17H2,(H2,23,24,25)(H,18,19,21,22)/t11-,12+,14+/m0/s1. The van der Waals surface area contributed by atoms with Crippen molar-refractivity contribution in [2.75, 3.05) is 11.9 Å². The number of ether oxygens (including phenoxy) is 1. The number of nitrogens with one attached hydrogen (secondary N) is 1. The lowest BCUT2D eigenvalue weighted by Crippen LogP contribution is -2.33. The van der Waals surface area contributed by atoms with Gasteiger partial charge in [-0.1, -0.05) is 18.2 Å². The minimum absolute atomic E-state index is 0.0822. The summed E-state index contributed by atoms with van der Waals surface area (Å²) in [6.45, 7) is -0.407. The molecule has 1 amide bonds. The van der Waals surface area contributed by atoms with E-state index in [0.29, 0.717) is 5.56 Å². The first-order chi connectivity index (χ1) is 13.2. The second kappa shape index (κ2) is 8.31. The van der Waals surface area contributed by atoms with E-state index < -0.39 is 44.4 Å². The Morgan fingerprint density at radius 2 is 2.07 bits per heavy atom. The molecule has 0 saturated carbocycles. The van der Waals surface area contributed by atoms with Crippen molar-refractivity contribution in [3.8, 4) is 0 Å². The maximum Gasteiger partial charge on any atom is 0.469 e. The molecule has 0 bridgehead atoms. The van der Waals surface area contributed by atoms with Gasteiger partial charge in [-0.05, 0) is 18.2 Å². The van der Waals surface area contributed by atoms with Gasteiger partial charge >= 0.3 is 13.5 Å². The van der Waals surface area contributed by atoms with Crippen LogP contribution >= 0.6 is 7.82 Å². The first-order valence-corrected chi connectivity index (χ1v) is 9.83. The molecule has 0 radical (unpaired) electrons. The summed E-state index contributed by atoms with van der Waals surface area (Å²) in [7, 11) is -4.65. The zero-order valence-electron chi connectivity index (χ0n) is 14.5. The van der Waals surface area contributed by atoms with Crippen LogP contribution in [0.4, 0.5) is 5.82 Å². The average molecular weight is 410 g/mol. The highest BCUT2D eigenvalue weighted by Crippen LogP contribution is 2.37. The van der Waals surface area contributed by atoms with E-state index in [-0.39, 0.29) is 12.2 Å². The number of carbonyl (C=O) groups excluding carboxylic acids is 1. The van der Waals surface area contributed by atoms with Gasteiger partial charge in [-0.2, -0.15) is 4.98 Å². The molecule has 150 valence electrons. The van der Waals surface area contributed by atoms with Crippen molar-refractivity contribution in [2.24, 2.45) is 5.73 Å². The Kier molecular flexibility index (Phi) is 6.04. The fraction of sp³-hybridized carbons (Fsp3) is 0.312. The zero-order valence-corrected chi connectivity index (χ0v) is 15.4. The summed E-state index contributed by atoms with van der Waals surface area (Å²) in [6, 6.07) is 9.33. The molecule has 0 unspecified atom stereocenters. The topological polar surface area (TPSA) is 166 Å². The predicted molar refractivity (Wildman–Crippen MR) is 97.4 cm³/mol. The molecular weight excluding hydrogens is 391 g/mol. The molecule has 2 heterocycles. The number of phosphoric ester groups is 1. The Labute approximate surface area is 159 Å². The molecule has 1 saturated heterocycles. The number of hydrogen-bond acceptors (Lipinski definition) is 7. The zero-order chi connectivity index (χ0) is 20.3. The van der Waals surface area contributed by atoms with Crippen LogP contribution in [0.2, 0.25) is 0 Å². The maximum atomic E-state index is 12.3. The summed E-state index contributed by atoms with van der Waals surface area (Å²) in [6.07, 6.45) is 0.0766. The molecule has 3 rings (SSSR count). The molecule has 1 aliphatic rings. The molecular formula is C16H19N4O7P. The van der Waals surface area contributed by atoms with Crippen molar-refractivity contribution in [3.63, 3.8) is 0 Å². The number of carbonyl (C=O) groups is 1. The number of aromatic nitrogens is 2. The number of phosphoric acid groups is 1. The first-order valence-electron chi connectivity index (χ1n) is 8.29. The Balaban J connectivity index is 1.67. The summed E-state index contributed by atoms with van der Waals surface area (Å²) in [5.41, 5.74) is 5.65. The minimum atomic E-state index is -4.65. The Morgan fingerprint density at radius 1 is 1.36 bits per heavy atom. The van der Waals surface area contributed by atoms with E-state index in [4.69, 9.17) is 20.3 Å². The van der Waals surface area contributed by atoms with Crippen LogP contribution in [0.25, 0.3) is 0 Å². The average Bonchev–Trinajstić information content (AvgIpc) is 3.01. The number of rotatable bonds is 6. The Hall–Kier alpha value is -2.40. The molecule has 12 heteroatoms. The molecule has 1 aromatic heterocycles. The monoisotopic (exact) mass is 410 g/mol. The van der Waals surface area contributed by atoms with Crippen LogP contribution in [0.1, 0.15) is 23.0 Å².